The first-order valence-corrected chi connectivity index (χ1v) is 17.9. The average molecular weight is 647 g/mol. The lowest BCUT2D eigenvalue weighted by Gasteiger charge is -2.29. The molecule has 0 bridgehead atoms. The van der Waals surface area contributed by atoms with Crippen molar-refractivity contribution >= 4 is 23.0 Å². The van der Waals surface area contributed by atoms with Gasteiger partial charge in [0.15, 0.2) is 0 Å². The number of nitrogens with zero attached hydrogens (tertiary/aromatic N) is 2. The number of likely N-dealkylation sites (tertiary alicyclic amines) is 1. The molecule has 48 heavy (non-hydrogen) atoms. The number of hydrogen-bond acceptors (Lipinski definition) is 5. The molecule has 2 atom stereocenters. The smallest absolute Gasteiger partial charge is 0.407 e. The minimum absolute atomic E-state index is 0.0812. The topological polar surface area (TPSA) is 108 Å². The van der Waals surface area contributed by atoms with Crippen molar-refractivity contribution in [1.82, 2.24) is 20.2 Å². The Morgan fingerprint density at radius 3 is 2.48 bits per heavy atom. The number of carbonyl (C=O) groups is 2. The van der Waals surface area contributed by atoms with Crippen LogP contribution in [0.2, 0.25) is 0 Å². The molecule has 1 spiro atoms. The first kappa shape index (κ1) is 31.0. The quantitative estimate of drug-likeness (QED) is 0.198. The summed E-state index contributed by atoms with van der Waals surface area (Å²) in [6.07, 6.45) is 11.6. The van der Waals surface area contributed by atoms with Crippen molar-refractivity contribution in [3.8, 4) is 28.0 Å². The molecular formula is C40H46N4O4. The third-order valence-corrected chi connectivity index (χ3v) is 11.9. The van der Waals surface area contributed by atoms with E-state index in [1.807, 2.05) is 24.8 Å². The van der Waals surface area contributed by atoms with E-state index in [1.54, 1.807) is 5.56 Å². The summed E-state index contributed by atoms with van der Waals surface area (Å²) >= 11 is 0. The van der Waals surface area contributed by atoms with E-state index < -0.39 is 12.1 Å². The Morgan fingerprint density at radius 2 is 1.69 bits per heavy atom. The molecule has 2 heterocycles. The van der Waals surface area contributed by atoms with E-state index in [-0.39, 0.29) is 23.3 Å². The van der Waals surface area contributed by atoms with E-state index in [0.29, 0.717) is 12.3 Å². The Morgan fingerprint density at radius 1 is 0.938 bits per heavy atom. The van der Waals surface area contributed by atoms with Gasteiger partial charge in [-0.15, -0.1) is 0 Å². The first-order chi connectivity index (χ1) is 23.3. The lowest BCUT2D eigenvalue weighted by atomic mass is 9.76. The number of fused-ring (bicyclic) bond motifs is 4. The van der Waals surface area contributed by atoms with Gasteiger partial charge in [-0.25, -0.2) is 9.78 Å². The van der Waals surface area contributed by atoms with Gasteiger partial charge in [0.1, 0.15) is 17.6 Å². The largest absolute Gasteiger partial charge is 0.508 e. The first-order valence-electron chi connectivity index (χ1n) is 17.9. The second kappa shape index (κ2) is 12.0. The molecule has 1 saturated heterocycles. The monoisotopic (exact) mass is 646 g/mol. The highest BCUT2D eigenvalue weighted by Gasteiger charge is 2.44. The molecule has 4 aromatic rings. The third-order valence-electron chi connectivity index (χ3n) is 11.9. The molecule has 1 saturated carbocycles. The molecule has 2 fully saturated rings. The number of phenols is 1. The van der Waals surface area contributed by atoms with Crippen molar-refractivity contribution < 1.29 is 19.4 Å². The number of H-pyrrole nitrogens is 1. The second-order valence-corrected chi connectivity index (χ2v) is 14.8. The molecule has 0 unspecified atom stereocenters. The summed E-state index contributed by atoms with van der Waals surface area (Å²) in [7, 11) is 1.32. The zero-order valence-corrected chi connectivity index (χ0v) is 28.3. The lowest BCUT2D eigenvalue weighted by Crippen LogP contribution is -2.51. The Bertz CT molecular complexity index is 1920. The molecule has 3 aromatic carbocycles. The van der Waals surface area contributed by atoms with Crippen molar-refractivity contribution in [2.75, 3.05) is 13.7 Å². The number of nitrogens with one attached hydrogen (secondary N) is 2. The van der Waals surface area contributed by atoms with E-state index in [9.17, 15) is 14.7 Å². The van der Waals surface area contributed by atoms with Crippen LogP contribution >= 0.6 is 0 Å². The number of hydrogen-bond donors (Lipinski definition) is 3. The SMILES string of the molecule is COC(=O)N[C@H](C(=O)N1CCC[C@H]1c1nc2ccc(-c3ccc(-c4ccc(O)c5c4CCC5)c4c3C3(CCCC3)CC4)cc2[nH]1)C(C)C. The predicted octanol–water partition coefficient (Wildman–Crippen LogP) is 7.89. The number of alkyl carbamates (subject to hydrolysis) is 1. The summed E-state index contributed by atoms with van der Waals surface area (Å²) < 4.78 is 4.80. The summed E-state index contributed by atoms with van der Waals surface area (Å²) in [5.74, 6) is 1.06. The number of methoxy groups -OCH3 is 1. The van der Waals surface area contributed by atoms with Gasteiger partial charge in [-0.1, -0.05) is 51.0 Å². The van der Waals surface area contributed by atoms with Crippen LogP contribution in [-0.4, -0.2) is 51.7 Å². The summed E-state index contributed by atoms with van der Waals surface area (Å²) in [6, 6.07) is 14.5. The van der Waals surface area contributed by atoms with Crippen LogP contribution in [0.25, 0.3) is 33.3 Å². The fraction of sp³-hybridized carbons (Fsp3) is 0.475. The van der Waals surface area contributed by atoms with Gasteiger partial charge in [-0.2, -0.15) is 0 Å². The molecule has 1 aliphatic heterocycles. The van der Waals surface area contributed by atoms with Crippen molar-refractivity contribution in [3.05, 3.63) is 70.5 Å². The van der Waals surface area contributed by atoms with Crippen LogP contribution in [0.1, 0.15) is 99.3 Å². The van der Waals surface area contributed by atoms with Crippen LogP contribution < -0.4 is 5.32 Å². The molecule has 250 valence electrons. The Kier molecular flexibility index (Phi) is 7.72. The maximum absolute atomic E-state index is 13.7. The van der Waals surface area contributed by atoms with Crippen LogP contribution in [0.4, 0.5) is 4.79 Å². The highest BCUT2D eigenvalue weighted by molar-refractivity contribution is 5.88. The van der Waals surface area contributed by atoms with Gasteiger partial charge in [0.2, 0.25) is 5.91 Å². The van der Waals surface area contributed by atoms with E-state index in [2.05, 4.69) is 46.7 Å². The van der Waals surface area contributed by atoms with Crippen molar-refractivity contribution in [3.63, 3.8) is 0 Å². The average Bonchev–Trinajstić information content (AvgIpc) is 3.93. The minimum atomic E-state index is -0.662. The Hall–Kier alpha value is -4.33. The minimum Gasteiger partial charge on any atom is -0.508 e. The lowest BCUT2D eigenvalue weighted by molar-refractivity contribution is -0.135. The fourth-order valence-electron chi connectivity index (χ4n) is 9.53. The van der Waals surface area contributed by atoms with E-state index >= 15 is 0 Å². The van der Waals surface area contributed by atoms with Crippen LogP contribution in [0.3, 0.4) is 0 Å². The summed E-state index contributed by atoms with van der Waals surface area (Å²) in [6.45, 7) is 4.49. The molecule has 8 heteroatoms. The van der Waals surface area contributed by atoms with Gasteiger partial charge >= 0.3 is 6.09 Å². The zero-order chi connectivity index (χ0) is 33.2. The van der Waals surface area contributed by atoms with Crippen molar-refractivity contribution in [2.24, 2.45) is 5.92 Å². The normalized spacial score (nSPS) is 20.1. The van der Waals surface area contributed by atoms with Crippen LogP contribution in [0.15, 0.2) is 42.5 Å². The number of phenolic OH excluding ortho intramolecular Hbond substituents is 1. The molecule has 8 rings (SSSR count). The standard InChI is InChI=1S/C40H46N4O4/c1-23(2)36(43-39(47)48-3)38(46)44-21-7-10-33(44)37-41-31-15-11-24(22-32(31)42-37)25-12-13-28(27-14-16-34(45)29-9-6-8-26(27)29)30-17-20-40(35(25)30)18-4-5-19-40/h11-16,22-23,33,36,45H,4-10,17-21H2,1-3H3,(H,41,42)(H,43,47)/t33-,36-/m0/s1. The number of aromatic amines is 1. The molecule has 3 aliphatic carbocycles. The van der Waals surface area contributed by atoms with E-state index in [0.717, 1.165) is 60.9 Å². The predicted molar refractivity (Wildman–Crippen MR) is 187 cm³/mol. The number of amides is 2. The Labute approximate surface area is 282 Å². The molecule has 0 radical (unpaired) electrons. The van der Waals surface area contributed by atoms with Gasteiger partial charge in [-0.3, -0.25) is 4.79 Å². The number of imidazole rings is 1. The van der Waals surface area contributed by atoms with Crippen molar-refractivity contribution in [2.45, 2.75) is 102 Å². The number of aromatic nitrogens is 2. The van der Waals surface area contributed by atoms with Gasteiger partial charge in [0.05, 0.1) is 24.2 Å². The van der Waals surface area contributed by atoms with E-state index in [4.69, 9.17) is 9.72 Å². The van der Waals surface area contributed by atoms with Gasteiger partial charge in [0.25, 0.3) is 0 Å². The zero-order valence-electron chi connectivity index (χ0n) is 28.3. The summed E-state index contributed by atoms with van der Waals surface area (Å²) in [5, 5.41) is 13.3. The number of carbonyl (C=O) groups excluding carboxylic acids is 2. The summed E-state index contributed by atoms with van der Waals surface area (Å²) in [5.41, 5.74) is 12.8. The van der Waals surface area contributed by atoms with Gasteiger partial charge < -0.3 is 25.0 Å². The molecule has 1 aromatic heterocycles. The highest BCUT2D eigenvalue weighted by Crippen LogP contribution is 2.56. The molecule has 4 aliphatic rings. The molecule has 2 amide bonds. The van der Waals surface area contributed by atoms with Gasteiger partial charge in [0, 0.05) is 6.54 Å². The van der Waals surface area contributed by atoms with E-state index in [1.165, 1.54) is 72.6 Å². The summed E-state index contributed by atoms with van der Waals surface area (Å²) in [4.78, 5) is 36.2. The fourth-order valence-corrected chi connectivity index (χ4v) is 9.53. The number of rotatable bonds is 6. The number of benzene rings is 3. The number of ether oxygens (including phenoxy) is 1. The van der Waals surface area contributed by atoms with Gasteiger partial charge in [-0.05, 0) is 132 Å². The maximum Gasteiger partial charge on any atom is 0.407 e. The second-order valence-electron chi connectivity index (χ2n) is 14.8. The Balaban J connectivity index is 1.16. The molecule has 3 N–H and O–H groups in total. The van der Waals surface area contributed by atoms with Crippen LogP contribution in [0, 0.1) is 5.92 Å². The molecule has 8 nitrogen and oxygen atoms in total. The van der Waals surface area contributed by atoms with Crippen molar-refractivity contribution in [1.29, 1.82) is 0 Å². The molecular weight excluding hydrogens is 600 g/mol. The highest BCUT2D eigenvalue weighted by atomic mass is 16.5. The maximum atomic E-state index is 13.7. The van der Waals surface area contributed by atoms with Crippen LogP contribution in [0.5, 0.6) is 5.75 Å². The number of aromatic hydroxyl groups is 1. The third kappa shape index (κ3) is 4.98. The van der Waals surface area contributed by atoms with Crippen LogP contribution in [-0.2, 0) is 34.2 Å².